The maximum absolute atomic E-state index is 11.8. The minimum absolute atomic E-state index is 0.122. The van der Waals surface area contributed by atoms with Crippen molar-refractivity contribution in [3.8, 4) is 11.5 Å². The van der Waals surface area contributed by atoms with Gasteiger partial charge in [-0.05, 0) is 25.1 Å². The SMILES string of the molecule is COc1ccccc1OCCS(=O)C(C)CCN. The molecular weight excluding hydrogens is 250 g/mol. The predicted molar refractivity (Wildman–Crippen MR) is 74.6 cm³/mol. The molecular formula is C13H21NO3S. The minimum Gasteiger partial charge on any atom is -0.493 e. The first-order valence-electron chi connectivity index (χ1n) is 6.02. The lowest BCUT2D eigenvalue weighted by molar-refractivity contribution is 0.312. The van der Waals surface area contributed by atoms with Gasteiger partial charge in [-0.3, -0.25) is 4.21 Å². The molecule has 102 valence electrons. The van der Waals surface area contributed by atoms with Crippen LogP contribution >= 0.6 is 0 Å². The minimum atomic E-state index is -0.893. The summed E-state index contributed by atoms with van der Waals surface area (Å²) in [6.07, 6.45) is 0.779. The maximum Gasteiger partial charge on any atom is 0.161 e. The Morgan fingerprint density at radius 2 is 2.00 bits per heavy atom. The van der Waals surface area contributed by atoms with Gasteiger partial charge in [0.15, 0.2) is 11.5 Å². The van der Waals surface area contributed by atoms with E-state index in [1.54, 1.807) is 7.11 Å². The highest BCUT2D eigenvalue weighted by Gasteiger charge is 2.10. The van der Waals surface area contributed by atoms with Crippen LogP contribution in [0.1, 0.15) is 13.3 Å². The molecule has 0 saturated heterocycles. The molecule has 0 aliphatic rings. The van der Waals surface area contributed by atoms with Gasteiger partial charge in [-0.2, -0.15) is 0 Å². The number of rotatable bonds is 8. The Kier molecular flexibility index (Phi) is 6.75. The van der Waals surface area contributed by atoms with Crippen molar-refractivity contribution >= 4 is 10.8 Å². The lowest BCUT2D eigenvalue weighted by Gasteiger charge is -2.12. The summed E-state index contributed by atoms with van der Waals surface area (Å²) in [5.74, 6) is 1.89. The first-order chi connectivity index (χ1) is 8.69. The van der Waals surface area contributed by atoms with Crippen LogP contribution in [0.15, 0.2) is 24.3 Å². The van der Waals surface area contributed by atoms with Gasteiger partial charge in [0.25, 0.3) is 0 Å². The fourth-order valence-corrected chi connectivity index (χ4v) is 2.59. The molecule has 2 unspecified atom stereocenters. The largest absolute Gasteiger partial charge is 0.493 e. The molecule has 0 aliphatic carbocycles. The molecule has 1 aromatic rings. The van der Waals surface area contributed by atoms with Crippen LogP contribution in [-0.2, 0) is 10.8 Å². The Labute approximate surface area is 111 Å². The quantitative estimate of drug-likeness (QED) is 0.779. The van der Waals surface area contributed by atoms with Crippen LogP contribution < -0.4 is 15.2 Å². The molecule has 0 aliphatic heterocycles. The Hall–Kier alpha value is -1.07. The fourth-order valence-electron chi connectivity index (χ4n) is 1.54. The second-order valence-corrected chi connectivity index (χ2v) is 5.95. The van der Waals surface area contributed by atoms with Crippen LogP contribution in [0.2, 0.25) is 0 Å². The molecule has 0 aromatic heterocycles. The van der Waals surface area contributed by atoms with E-state index in [0.29, 0.717) is 30.4 Å². The molecule has 0 fully saturated rings. The third-order valence-corrected chi connectivity index (χ3v) is 4.34. The molecule has 18 heavy (non-hydrogen) atoms. The van der Waals surface area contributed by atoms with Gasteiger partial charge < -0.3 is 15.2 Å². The molecule has 0 heterocycles. The molecule has 1 aromatic carbocycles. The van der Waals surface area contributed by atoms with E-state index >= 15 is 0 Å². The zero-order valence-corrected chi connectivity index (χ0v) is 11.7. The number of methoxy groups -OCH3 is 1. The van der Waals surface area contributed by atoms with Gasteiger partial charge in [0.05, 0.1) is 19.5 Å². The zero-order valence-electron chi connectivity index (χ0n) is 10.9. The van der Waals surface area contributed by atoms with E-state index in [0.717, 1.165) is 6.42 Å². The second kappa shape index (κ2) is 8.11. The lowest BCUT2D eigenvalue weighted by Crippen LogP contribution is -2.21. The highest BCUT2D eigenvalue weighted by Crippen LogP contribution is 2.25. The van der Waals surface area contributed by atoms with Gasteiger partial charge in [0.1, 0.15) is 0 Å². The van der Waals surface area contributed by atoms with Crippen LogP contribution in [0.4, 0.5) is 0 Å². The van der Waals surface area contributed by atoms with Gasteiger partial charge in [-0.25, -0.2) is 0 Å². The summed E-state index contributed by atoms with van der Waals surface area (Å²) in [5, 5.41) is 0.122. The van der Waals surface area contributed by atoms with Crippen molar-refractivity contribution in [1.29, 1.82) is 0 Å². The summed E-state index contributed by atoms with van der Waals surface area (Å²) in [6, 6.07) is 7.44. The van der Waals surface area contributed by atoms with Gasteiger partial charge in [-0.15, -0.1) is 0 Å². The first kappa shape index (κ1) is 15.0. The van der Waals surface area contributed by atoms with E-state index in [2.05, 4.69) is 0 Å². The van der Waals surface area contributed by atoms with E-state index < -0.39 is 10.8 Å². The van der Waals surface area contributed by atoms with E-state index in [1.807, 2.05) is 31.2 Å². The molecule has 0 spiro atoms. The van der Waals surface area contributed by atoms with Crippen LogP contribution in [0.3, 0.4) is 0 Å². The second-order valence-electron chi connectivity index (χ2n) is 3.97. The van der Waals surface area contributed by atoms with Gasteiger partial charge in [-0.1, -0.05) is 19.1 Å². The number of hydrogen-bond acceptors (Lipinski definition) is 4. The molecule has 2 N–H and O–H groups in total. The van der Waals surface area contributed by atoms with Crippen molar-refractivity contribution in [2.75, 3.05) is 26.0 Å². The Balaban J connectivity index is 2.39. The van der Waals surface area contributed by atoms with Crippen LogP contribution in [0.25, 0.3) is 0 Å². The van der Waals surface area contributed by atoms with Crippen LogP contribution in [0.5, 0.6) is 11.5 Å². The number of hydrogen-bond donors (Lipinski definition) is 1. The first-order valence-corrected chi connectivity index (χ1v) is 7.40. The van der Waals surface area contributed by atoms with Crippen molar-refractivity contribution in [1.82, 2.24) is 0 Å². The third-order valence-electron chi connectivity index (χ3n) is 2.63. The molecule has 0 amide bonds. The Morgan fingerprint density at radius 1 is 1.33 bits per heavy atom. The molecule has 2 atom stereocenters. The lowest BCUT2D eigenvalue weighted by atomic mass is 10.3. The highest BCUT2D eigenvalue weighted by molar-refractivity contribution is 7.85. The van der Waals surface area contributed by atoms with Crippen LogP contribution in [0, 0.1) is 0 Å². The monoisotopic (exact) mass is 271 g/mol. The van der Waals surface area contributed by atoms with E-state index in [4.69, 9.17) is 15.2 Å². The maximum atomic E-state index is 11.8. The third kappa shape index (κ3) is 4.66. The summed E-state index contributed by atoms with van der Waals surface area (Å²) in [5.41, 5.74) is 5.44. The van der Waals surface area contributed by atoms with Crippen molar-refractivity contribution < 1.29 is 13.7 Å². The predicted octanol–water partition coefficient (Wildman–Crippen LogP) is 1.56. The molecule has 5 heteroatoms. The van der Waals surface area contributed by atoms with Crippen molar-refractivity contribution in [2.24, 2.45) is 5.73 Å². The van der Waals surface area contributed by atoms with Crippen LogP contribution in [-0.4, -0.2) is 35.5 Å². The molecule has 4 nitrogen and oxygen atoms in total. The molecule has 0 bridgehead atoms. The molecule has 1 rings (SSSR count). The number of nitrogens with two attached hydrogens (primary N) is 1. The van der Waals surface area contributed by atoms with Crippen molar-refractivity contribution in [2.45, 2.75) is 18.6 Å². The van der Waals surface area contributed by atoms with E-state index in [-0.39, 0.29) is 5.25 Å². The summed E-state index contributed by atoms with van der Waals surface area (Å²) < 4.78 is 22.6. The van der Waals surface area contributed by atoms with E-state index in [1.165, 1.54) is 0 Å². The fraction of sp³-hybridized carbons (Fsp3) is 0.538. The highest BCUT2D eigenvalue weighted by atomic mass is 32.2. The Morgan fingerprint density at radius 3 is 2.61 bits per heavy atom. The summed E-state index contributed by atoms with van der Waals surface area (Å²) in [7, 11) is 0.708. The zero-order chi connectivity index (χ0) is 13.4. The summed E-state index contributed by atoms with van der Waals surface area (Å²) >= 11 is 0. The number of benzene rings is 1. The number of ether oxygens (including phenoxy) is 2. The summed E-state index contributed by atoms with van der Waals surface area (Å²) in [4.78, 5) is 0. The normalized spacial score (nSPS) is 13.9. The average molecular weight is 271 g/mol. The Bertz CT molecular complexity index is 384. The molecule has 0 radical (unpaired) electrons. The average Bonchev–Trinajstić information content (AvgIpc) is 2.39. The standard InChI is InChI=1S/C13H21NO3S/c1-11(7-8-14)18(15)10-9-17-13-6-4-3-5-12(13)16-2/h3-6,11H,7-10,14H2,1-2H3. The van der Waals surface area contributed by atoms with Gasteiger partial charge >= 0.3 is 0 Å². The van der Waals surface area contributed by atoms with Gasteiger partial charge in [0, 0.05) is 16.0 Å². The van der Waals surface area contributed by atoms with E-state index in [9.17, 15) is 4.21 Å². The topological polar surface area (TPSA) is 61.5 Å². The van der Waals surface area contributed by atoms with Crippen molar-refractivity contribution in [3.63, 3.8) is 0 Å². The number of para-hydroxylation sites is 2. The van der Waals surface area contributed by atoms with Crippen molar-refractivity contribution in [3.05, 3.63) is 24.3 Å². The smallest absolute Gasteiger partial charge is 0.161 e. The molecule has 0 saturated carbocycles. The van der Waals surface area contributed by atoms with Gasteiger partial charge in [0.2, 0.25) is 0 Å². The summed E-state index contributed by atoms with van der Waals surface area (Å²) in [6.45, 7) is 2.94.